The number of rotatable bonds is 4. The molecule has 1 fully saturated rings. The van der Waals surface area contributed by atoms with Gasteiger partial charge in [-0.15, -0.1) is 0 Å². The maximum Gasteiger partial charge on any atom is 0.273 e. The minimum Gasteiger partial charge on any atom is -0.350 e. The number of hydrogen-bond acceptors (Lipinski definition) is 3. The number of hydrogen-bond donors (Lipinski definition) is 2. The van der Waals surface area contributed by atoms with Crippen molar-refractivity contribution in [2.75, 3.05) is 18.4 Å². The van der Waals surface area contributed by atoms with Gasteiger partial charge in [0.05, 0.1) is 9.50 Å². The first kappa shape index (κ1) is 19.4. The molecule has 3 aromatic rings. The van der Waals surface area contributed by atoms with Crippen LogP contribution in [0.3, 0.4) is 0 Å². The molecule has 9 heteroatoms. The highest BCUT2D eigenvalue weighted by Gasteiger charge is 2.29. The Morgan fingerprint density at radius 2 is 1.86 bits per heavy atom. The van der Waals surface area contributed by atoms with Crippen LogP contribution in [0.4, 0.5) is 5.69 Å². The molecule has 2 aromatic carbocycles. The Labute approximate surface area is 176 Å². The van der Waals surface area contributed by atoms with E-state index in [1.54, 1.807) is 6.07 Å². The fourth-order valence-electron chi connectivity index (χ4n) is 3.30. The lowest BCUT2D eigenvalue weighted by Gasteiger charge is -2.17. The lowest BCUT2D eigenvalue weighted by molar-refractivity contribution is 0.102. The van der Waals surface area contributed by atoms with Crippen molar-refractivity contribution < 1.29 is 13.2 Å². The van der Waals surface area contributed by atoms with Gasteiger partial charge in [0.15, 0.2) is 0 Å². The van der Waals surface area contributed by atoms with E-state index in [2.05, 4.69) is 26.2 Å². The smallest absolute Gasteiger partial charge is 0.273 e. The number of sulfonamides is 1. The average molecular weight is 483 g/mol. The highest BCUT2D eigenvalue weighted by atomic mass is 79.9. The van der Waals surface area contributed by atoms with E-state index >= 15 is 0 Å². The predicted molar refractivity (Wildman–Crippen MR) is 113 cm³/mol. The molecule has 0 aliphatic carbocycles. The van der Waals surface area contributed by atoms with E-state index < -0.39 is 10.0 Å². The van der Waals surface area contributed by atoms with Crippen molar-refractivity contribution in [3.8, 4) is 0 Å². The van der Waals surface area contributed by atoms with E-state index in [-0.39, 0.29) is 15.8 Å². The Bertz CT molecular complexity index is 1170. The Kier molecular flexibility index (Phi) is 5.22. The number of carbonyl (C=O) groups excluding carboxylic acids is 1. The highest BCUT2D eigenvalue weighted by molar-refractivity contribution is 9.10. The molecule has 2 N–H and O–H groups in total. The van der Waals surface area contributed by atoms with Crippen LogP contribution in [0.2, 0.25) is 5.02 Å². The second-order valence-corrected chi connectivity index (χ2v) is 9.68. The molecular weight excluding hydrogens is 466 g/mol. The SMILES string of the molecule is O=C(Nc1ccc(Cl)c(S(=O)(=O)N2CCCC2)c1)c1[nH]c2ccccc2c1Br. The summed E-state index contributed by atoms with van der Waals surface area (Å²) in [4.78, 5) is 15.8. The van der Waals surface area contributed by atoms with Crippen LogP contribution in [0.1, 0.15) is 23.3 Å². The van der Waals surface area contributed by atoms with Crippen LogP contribution in [-0.2, 0) is 10.0 Å². The normalized spacial score (nSPS) is 15.2. The van der Waals surface area contributed by atoms with Crippen LogP contribution in [0, 0.1) is 0 Å². The number of fused-ring (bicyclic) bond motifs is 1. The molecule has 4 rings (SSSR count). The summed E-state index contributed by atoms with van der Waals surface area (Å²) in [5.74, 6) is -0.380. The van der Waals surface area contributed by atoms with Crippen molar-refractivity contribution in [2.45, 2.75) is 17.7 Å². The molecule has 0 atom stereocenters. The van der Waals surface area contributed by atoms with Gasteiger partial charge in [-0.1, -0.05) is 29.8 Å². The third kappa shape index (κ3) is 3.45. The van der Waals surface area contributed by atoms with Crippen molar-refractivity contribution in [1.82, 2.24) is 9.29 Å². The number of carbonyl (C=O) groups is 1. The molecule has 1 saturated heterocycles. The van der Waals surface area contributed by atoms with Gasteiger partial charge in [-0.2, -0.15) is 4.31 Å². The zero-order valence-corrected chi connectivity index (χ0v) is 17.9. The van der Waals surface area contributed by atoms with Gasteiger partial charge in [-0.25, -0.2) is 8.42 Å². The molecule has 0 radical (unpaired) electrons. The van der Waals surface area contributed by atoms with Gasteiger partial charge in [0, 0.05) is 29.7 Å². The summed E-state index contributed by atoms with van der Waals surface area (Å²) in [6.45, 7) is 0.967. The van der Waals surface area contributed by atoms with Crippen molar-refractivity contribution in [3.05, 3.63) is 57.7 Å². The second kappa shape index (κ2) is 7.51. The molecule has 2 heterocycles. The molecule has 0 saturated carbocycles. The Morgan fingerprint density at radius 1 is 1.14 bits per heavy atom. The summed E-state index contributed by atoms with van der Waals surface area (Å²) < 4.78 is 27.8. The highest BCUT2D eigenvalue weighted by Crippen LogP contribution is 2.31. The van der Waals surface area contributed by atoms with Crippen LogP contribution in [-0.4, -0.2) is 36.7 Å². The van der Waals surface area contributed by atoms with Crippen LogP contribution < -0.4 is 5.32 Å². The van der Waals surface area contributed by atoms with Crippen molar-refractivity contribution in [3.63, 3.8) is 0 Å². The molecular formula is C19H17BrClN3O3S. The number of para-hydroxylation sites is 1. The number of H-pyrrole nitrogens is 1. The maximum absolute atomic E-state index is 12.8. The predicted octanol–water partition coefficient (Wildman–Crippen LogP) is 4.62. The molecule has 146 valence electrons. The number of nitrogens with zero attached hydrogens (tertiary/aromatic N) is 1. The Morgan fingerprint density at radius 3 is 2.57 bits per heavy atom. The van der Waals surface area contributed by atoms with Gasteiger partial charge in [0.25, 0.3) is 5.91 Å². The molecule has 0 bridgehead atoms. The lowest BCUT2D eigenvalue weighted by atomic mass is 10.2. The van der Waals surface area contributed by atoms with Crippen LogP contribution in [0.25, 0.3) is 10.9 Å². The van der Waals surface area contributed by atoms with E-state index in [4.69, 9.17) is 11.6 Å². The largest absolute Gasteiger partial charge is 0.350 e. The van der Waals surface area contributed by atoms with Gasteiger partial charge in [0.2, 0.25) is 10.0 Å². The number of aromatic amines is 1. The summed E-state index contributed by atoms with van der Waals surface area (Å²) in [5, 5.41) is 3.77. The van der Waals surface area contributed by atoms with Gasteiger partial charge in [0.1, 0.15) is 10.6 Å². The van der Waals surface area contributed by atoms with E-state index in [0.717, 1.165) is 23.7 Å². The van der Waals surface area contributed by atoms with Gasteiger partial charge in [-0.3, -0.25) is 4.79 Å². The van der Waals surface area contributed by atoms with E-state index in [0.29, 0.717) is 28.9 Å². The zero-order valence-electron chi connectivity index (χ0n) is 14.7. The third-order valence-electron chi connectivity index (χ3n) is 4.74. The fraction of sp³-hybridized carbons (Fsp3) is 0.211. The van der Waals surface area contributed by atoms with Gasteiger partial charge < -0.3 is 10.3 Å². The molecule has 1 aliphatic heterocycles. The summed E-state index contributed by atoms with van der Waals surface area (Å²) in [6, 6.07) is 12.0. The van der Waals surface area contributed by atoms with E-state index in [9.17, 15) is 13.2 Å². The molecule has 1 aliphatic rings. The van der Waals surface area contributed by atoms with Gasteiger partial charge in [-0.05, 0) is 53.0 Å². The van der Waals surface area contributed by atoms with Crippen LogP contribution >= 0.6 is 27.5 Å². The van der Waals surface area contributed by atoms with Crippen LogP contribution in [0.15, 0.2) is 51.8 Å². The van der Waals surface area contributed by atoms with Gasteiger partial charge >= 0.3 is 0 Å². The minimum absolute atomic E-state index is 0.00424. The monoisotopic (exact) mass is 481 g/mol. The summed E-state index contributed by atoms with van der Waals surface area (Å²) in [5.41, 5.74) is 1.55. The van der Waals surface area contributed by atoms with Crippen molar-refractivity contribution >= 4 is 60.1 Å². The number of aromatic nitrogens is 1. The number of nitrogens with one attached hydrogen (secondary N) is 2. The number of halogens is 2. The topological polar surface area (TPSA) is 82.3 Å². The molecule has 28 heavy (non-hydrogen) atoms. The molecule has 0 spiro atoms. The lowest BCUT2D eigenvalue weighted by Crippen LogP contribution is -2.28. The summed E-state index contributed by atoms with van der Waals surface area (Å²) in [6.07, 6.45) is 1.67. The number of amides is 1. The summed E-state index contributed by atoms with van der Waals surface area (Å²) in [7, 11) is -3.69. The molecule has 1 amide bonds. The zero-order chi connectivity index (χ0) is 19.9. The van der Waals surface area contributed by atoms with Crippen LogP contribution in [0.5, 0.6) is 0 Å². The Hall–Kier alpha value is -1.87. The molecule has 1 aromatic heterocycles. The fourth-order valence-corrected chi connectivity index (χ4v) is 5.95. The van der Waals surface area contributed by atoms with Crippen molar-refractivity contribution in [1.29, 1.82) is 0 Å². The van der Waals surface area contributed by atoms with E-state index in [1.165, 1.54) is 16.4 Å². The first-order valence-electron chi connectivity index (χ1n) is 8.75. The number of anilines is 1. The maximum atomic E-state index is 12.8. The first-order chi connectivity index (χ1) is 13.4. The quantitative estimate of drug-likeness (QED) is 0.569. The molecule has 0 unspecified atom stereocenters. The second-order valence-electron chi connectivity index (χ2n) is 6.57. The van der Waals surface area contributed by atoms with E-state index in [1.807, 2.05) is 24.3 Å². The number of benzene rings is 2. The minimum atomic E-state index is -3.69. The summed E-state index contributed by atoms with van der Waals surface area (Å²) >= 11 is 9.61. The average Bonchev–Trinajstić information content (AvgIpc) is 3.32. The Balaban J connectivity index is 1.65. The standard InChI is InChI=1S/C19H17BrClN3O3S/c20-17-13-5-1-2-6-15(13)23-18(17)19(25)22-12-7-8-14(21)16(11-12)28(26,27)24-9-3-4-10-24/h1-2,5-8,11,23H,3-4,9-10H2,(H,22,25). The van der Waals surface area contributed by atoms with Crippen molar-refractivity contribution in [2.24, 2.45) is 0 Å². The third-order valence-corrected chi connectivity index (χ3v) is 7.95. The molecule has 6 nitrogen and oxygen atoms in total. The first-order valence-corrected chi connectivity index (χ1v) is 11.4.